The Kier molecular flexibility index (Phi) is 5.43. The molecule has 0 saturated heterocycles. The molecule has 0 aliphatic heterocycles. The number of thioether (sulfide) groups is 1. The Morgan fingerprint density at radius 1 is 1.53 bits per heavy atom. The van der Waals surface area contributed by atoms with Crippen molar-refractivity contribution in [2.45, 2.75) is 12.7 Å². The lowest BCUT2D eigenvalue weighted by Gasteiger charge is -2.08. The largest absolute Gasteiger partial charge is 0.396 e. The van der Waals surface area contributed by atoms with Gasteiger partial charge in [-0.1, -0.05) is 30.7 Å². The van der Waals surface area contributed by atoms with Gasteiger partial charge in [-0.2, -0.15) is 11.8 Å². The van der Waals surface area contributed by atoms with E-state index in [2.05, 4.69) is 0 Å². The van der Waals surface area contributed by atoms with E-state index in [4.69, 9.17) is 16.7 Å². The lowest BCUT2D eigenvalue weighted by atomic mass is 10.2. The summed E-state index contributed by atoms with van der Waals surface area (Å²) >= 11 is 7.26. The van der Waals surface area contributed by atoms with E-state index < -0.39 is 0 Å². The number of aliphatic hydroxyl groups is 1. The van der Waals surface area contributed by atoms with Crippen molar-refractivity contribution in [2.24, 2.45) is 5.92 Å². The van der Waals surface area contributed by atoms with E-state index in [0.717, 1.165) is 5.75 Å². The van der Waals surface area contributed by atoms with E-state index in [1.807, 2.05) is 6.92 Å². The third-order valence-electron chi connectivity index (χ3n) is 2.00. The second-order valence-electron chi connectivity index (χ2n) is 3.52. The second-order valence-corrected chi connectivity index (χ2v) is 4.95. The van der Waals surface area contributed by atoms with Gasteiger partial charge in [0.05, 0.1) is 5.02 Å². The van der Waals surface area contributed by atoms with E-state index in [1.165, 1.54) is 0 Å². The van der Waals surface area contributed by atoms with Crippen molar-refractivity contribution < 1.29 is 9.50 Å². The van der Waals surface area contributed by atoms with Crippen molar-refractivity contribution in [1.29, 1.82) is 0 Å². The minimum Gasteiger partial charge on any atom is -0.396 e. The van der Waals surface area contributed by atoms with Crippen LogP contribution in [0.1, 0.15) is 12.5 Å². The molecule has 0 fully saturated rings. The van der Waals surface area contributed by atoms with Gasteiger partial charge in [-0.15, -0.1) is 0 Å². The molecule has 84 valence electrons. The van der Waals surface area contributed by atoms with Crippen molar-refractivity contribution >= 4 is 23.4 Å². The fourth-order valence-electron chi connectivity index (χ4n) is 1.08. The van der Waals surface area contributed by atoms with E-state index in [0.29, 0.717) is 11.3 Å². The first-order chi connectivity index (χ1) is 7.15. The van der Waals surface area contributed by atoms with Crippen molar-refractivity contribution in [2.75, 3.05) is 12.4 Å². The monoisotopic (exact) mass is 248 g/mol. The fraction of sp³-hybridized carbons (Fsp3) is 0.455. The van der Waals surface area contributed by atoms with Gasteiger partial charge in [-0.05, 0) is 23.3 Å². The Morgan fingerprint density at radius 2 is 2.27 bits per heavy atom. The molecule has 0 saturated carbocycles. The molecule has 0 bridgehead atoms. The summed E-state index contributed by atoms with van der Waals surface area (Å²) in [6.07, 6.45) is 0. The summed E-state index contributed by atoms with van der Waals surface area (Å²) in [7, 11) is 0. The minimum absolute atomic E-state index is 0.170. The Labute approximate surface area is 98.6 Å². The Bertz CT molecular complexity index is 319. The fourth-order valence-corrected chi connectivity index (χ4v) is 2.35. The van der Waals surface area contributed by atoms with Crippen LogP contribution in [-0.2, 0) is 5.75 Å². The molecule has 1 atom stereocenters. The minimum atomic E-state index is -0.330. The van der Waals surface area contributed by atoms with Crippen LogP contribution >= 0.6 is 23.4 Å². The summed E-state index contributed by atoms with van der Waals surface area (Å²) in [6.45, 7) is 2.13. The van der Waals surface area contributed by atoms with Crippen LogP contribution in [-0.4, -0.2) is 17.5 Å². The maximum Gasteiger partial charge on any atom is 0.145 e. The van der Waals surface area contributed by atoms with Gasteiger partial charge in [0, 0.05) is 12.4 Å². The topological polar surface area (TPSA) is 20.2 Å². The number of rotatable bonds is 5. The summed E-state index contributed by atoms with van der Waals surface area (Å²) in [4.78, 5) is 0. The average molecular weight is 249 g/mol. The number of halogens is 2. The normalized spacial score (nSPS) is 12.8. The van der Waals surface area contributed by atoms with Gasteiger partial charge in [-0.3, -0.25) is 0 Å². The molecule has 1 N–H and O–H groups in total. The Morgan fingerprint density at radius 3 is 2.93 bits per heavy atom. The van der Waals surface area contributed by atoms with Crippen molar-refractivity contribution in [1.82, 2.24) is 0 Å². The maximum absolute atomic E-state index is 13.4. The van der Waals surface area contributed by atoms with Crippen LogP contribution in [0, 0.1) is 11.7 Å². The van der Waals surface area contributed by atoms with Gasteiger partial charge >= 0.3 is 0 Å². The first-order valence-corrected chi connectivity index (χ1v) is 6.30. The SMILES string of the molecule is CC(CO)CSCc1cccc(Cl)c1F. The van der Waals surface area contributed by atoms with Crippen LogP contribution in [0.15, 0.2) is 18.2 Å². The molecule has 0 spiro atoms. The van der Waals surface area contributed by atoms with Gasteiger partial charge in [0.2, 0.25) is 0 Å². The molecule has 1 rings (SSSR count). The molecular weight excluding hydrogens is 235 g/mol. The van der Waals surface area contributed by atoms with E-state index in [1.54, 1.807) is 30.0 Å². The summed E-state index contributed by atoms with van der Waals surface area (Å²) in [6, 6.07) is 5.02. The lowest BCUT2D eigenvalue weighted by molar-refractivity contribution is 0.250. The molecule has 0 aliphatic carbocycles. The van der Waals surface area contributed by atoms with Crippen LogP contribution in [0.3, 0.4) is 0 Å². The summed E-state index contributed by atoms with van der Waals surface area (Å²) in [5, 5.41) is 8.99. The molecule has 1 aromatic carbocycles. The van der Waals surface area contributed by atoms with Gasteiger partial charge in [0.1, 0.15) is 5.82 Å². The van der Waals surface area contributed by atoms with E-state index in [-0.39, 0.29) is 23.4 Å². The van der Waals surface area contributed by atoms with Gasteiger partial charge in [0.25, 0.3) is 0 Å². The molecular formula is C11H14ClFOS. The molecule has 0 aliphatic rings. The molecule has 1 nitrogen and oxygen atoms in total. The first-order valence-electron chi connectivity index (χ1n) is 4.76. The highest BCUT2D eigenvalue weighted by atomic mass is 35.5. The van der Waals surface area contributed by atoms with Gasteiger partial charge in [0.15, 0.2) is 0 Å². The van der Waals surface area contributed by atoms with Crippen molar-refractivity contribution in [3.05, 3.63) is 34.6 Å². The van der Waals surface area contributed by atoms with Gasteiger partial charge < -0.3 is 5.11 Å². The highest BCUT2D eigenvalue weighted by molar-refractivity contribution is 7.98. The zero-order valence-corrected chi connectivity index (χ0v) is 10.1. The van der Waals surface area contributed by atoms with Crippen LogP contribution in [0.5, 0.6) is 0 Å². The number of benzene rings is 1. The molecule has 1 aromatic rings. The summed E-state index contributed by atoms with van der Waals surface area (Å²) in [5.74, 6) is 1.33. The zero-order valence-electron chi connectivity index (χ0n) is 8.54. The molecule has 1 unspecified atom stereocenters. The molecule has 0 radical (unpaired) electrons. The van der Waals surface area contributed by atoms with E-state index in [9.17, 15) is 4.39 Å². The standard InChI is InChI=1S/C11H14ClFOS/c1-8(5-14)6-15-7-9-3-2-4-10(12)11(9)13/h2-4,8,14H,5-7H2,1H3. The van der Waals surface area contributed by atoms with Crippen LogP contribution in [0.4, 0.5) is 4.39 Å². The Hall–Kier alpha value is -0.250. The van der Waals surface area contributed by atoms with Crippen LogP contribution in [0.2, 0.25) is 5.02 Å². The number of aliphatic hydroxyl groups excluding tert-OH is 1. The molecule has 15 heavy (non-hydrogen) atoms. The van der Waals surface area contributed by atoms with Crippen molar-refractivity contribution in [3.8, 4) is 0 Å². The van der Waals surface area contributed by atoms with Gasteiger partial charge in [-0.25, -0.2) is 4.39 Å². The smallest absolute Gasteiger partial charge is 0.145 e. The Balaban J connectivity index is 2.47. The molecule has 0 aromatic heterocycles. The molecule has 0 amide bonds. The number of hydrogen-bond donors (Lipinski definition) is 1. The van der Waals surface area contributed by atoms with Crippen LogP contribution in [0.25, 0.3) is 0 Å². The van der Waals surface area contributed by atoms with E-state index >= 15 is 0 Å². The average Bonchev–Trinajstić information content (AvgIpc) is 2.24. The predicted octanol–water partition coefficient (Wildman–Crippen LogP) is 3.34. The second kappa shape index (κ2) is 6.36. The highest BCUT2D eigenvalue weighted by Crippen LogP contribution is 2.22. The zero-order chi connectivity index (χ0) is 11.3. The third-order valence-corrected chi connectivity index (χ3v) is 3.61. The number of hydrogen-bond acceptors (Lipinski definition) is 2. The maximum atomic E-state index is 13.4. The summed E-state index contributed by atoms with van der Waals surface area (Å²) in [5.41, 5.74) is 0.623. The van der Waals surface area contributed by atoms with Crippen LogP contribution < -0.4 is 0 Å². The molecule has 4 heteroatoms. The molecule has 0 heterocycles. The lowest BCUT2D eigenvalue weighted by Crippen LogP contribution is -2.03. The summed E-state index contributed by atoms with van der Waals surface area (Å²) < 4.78 is 13.4. The highest BCUT2D eigenvalue weighted by Gasteiger charge is 2.07. The first kappa shape index (κ1) is 12.8. The quantitative estimate of drug-likeness (QED) is 0.863. The predicted molar refractivity (Wildman–Crippen MR) is 63.8 cm³/mol. The third kappa shape index (κ3) is 4.01. The van der Waals surface area contributed by atoms with Crippen molar-refractivity contribution in [3.63, 3.8) is 0 Å².